The van der Waals surface area contributed by atoms with E-state index in [1.54, 1.807) is 0 Å². The summed E-state index contributed by atoms with van der Waals surface area (Å²) in [6.45, 7) is 2.04. The van der Waals surface area contributed by atoms with Gasteiger partial charge in [0.25, 0.3) is 0 Å². The molecular weight excluding hydrogens is 329 g/mol. The number of hydrogen-bond donors (Lipinski definition) is 3. The van der Waals surface area contributed by atoms with Gasteiger partial charge in [0.2, 0.25) is 0 Å². The van der Waals surface area contributed by atoms with Crippen LogP contribution in [0.2, 0.25) is 0 Å². The van der Waals surface area contributed by atoms with Gasteiger partial charge in [-0.3, -0.25) is 4.79 Å². The minimum atomic E-state index is -4.77. The Balaban J connectivity index is 1.91. The smallest absolute Gasteiger partial charge is 0.404 e. The maximum absolute atomic E-state index is 13.3. The monoisotopic (exact) mass is 352 g/mol. The maximum Gasteiger partial charge on any atom is 0.404 e. The van der Waals surface area contributed by atoms with Crippen LogP contribution >= 0.6 is 0 Å². The Bertz CT molecular complexity index is 521. The summed E-state index contributed by atoms with van der Waals surface area (Å²) in [7, 11) is 0. The van der Waals surface area contributed by atoms with Crippen molar-refractivity contribution < 1.29 is 38.0 Å². The van der Waals surface area contributed by atoms with Gasteiger partial charge in [0.1, 0.15) is 5.60 Å². The van der Waals surface area contributed by atoms with Gasteiger partial charge in [-0.1, -0.05) is 6.92 Å². The van der Waals surface area contributed by atoms with Crippen molar-refractivity contribution in [1.29, 1.82) is 0 Å². The van der Waals surface area contributed by atoms with E-state index in [-0.39, 0.29) is 38.5 Å². The number of hydrogen-bond acceptors (Lipinski definition) is 5. The quantitative estimate of drug-likeness (QED) is 0.675. The van der Waals surface area contributed by atoms with Crippen LogP contribution in [0.3, 0.4) is 0 Å². The first kappa shape index (κ1) is 17.9. The second-order valence-electron chi connectivity index (χ2n) is 8.49. The highest BCUT2D eigenvalue weighted by atomic mass is 19.4. The Morgan fingerprint density at radius 3 is 1.62 bits per heavy atom. The molecule has 0 saturated heterocycles. The third-order valence-corrected chi connectivity index (χ3v) is 6.02. The Morgan fingerprint density at radius 1 is 0.958 bits per heavy atom. The first-order valence-electron chi connectivity index (χ1n) is 8.15. The van der Waals surface area contributed by atoms with E-state index in [1.165, 1.54) is 6.92 Å². The molecule has 4 fully saturated rings. The normalized spacial score (nSPS) is 46.7. The van der Waals surface area contributed by atoms with Crippen molar-refractivity contribution in [3.05, 3.63) is 0 Å². The van der Waals surface area contributed by atoms with Gasteiger partial charge in [-0.05, 0) is 13.3 Å². The Kier molecular flexibility index (Phi) is 3.48. The molecule has 0 aliphatic heterocycles. The zero-order chi connectivity index (χ0) is 18.2. The molecule has 5 nitrogen and oxygen atoms in total. The summed E-state index contributed by atoms with van der Waals surface area (Å²) in [5, 5.41) is 31.8. The highest BCUT2D eigenvalue weighted by Crippen LogP contribution is 2.62. The van der Waals surface area contributed by atoms with Gasteiger partial charge < -0.3 is 20.1 Å². The molecule has 24 heavy (non-hydrogen) atoms. The SMILES string of the molecule is CCC(C)(C(=O)OC12CC3(O)CC(O)(CC(O)(C3)C1)C2)C(F)(F)F. The summed E-state index contributed by atoms with van der Waals surface area (Å²) < 4.78 is 45.2. The first-order chi connectivity index (χ1) is 10.7. The summed E-state index contributed by atoms with van der Waals surface area (Å²) in [4.78, 5) is 12.4. The fourth-order valence-electron chi connectivity index (χ4n) is 5.26. The molecule has 138 valence electrons. The van der Waals surface area contributed by atoms with Crippen molar-refractivity contribution in [3.8, 4) is 0 Å². The van der Waals surface area contributed by atoms with Crippen molar-refractivity contribution in [1.82, 2.24) is 0 Å². The van der Waals surface area contributed by atoms with E-state index in [0.717, 1.165) is 6.92 Å². The van der Waals surface area contributed by atoms with E-state index in [1.807, 2.05) is 0 Å². The molecule has 4 saturated carbocycles. The van der Waals surface area contributed by atoms with Crippen LogP contribution in [-0.4, -0.2) is 49.9 Å². The van der Waals surface area contributed by atoms with E-state index >= 15 is 0 Å². The molecule has 0 aromatic rings. The zero-order valence-corrected chi connectivity index (χ0v) is 13.7. The van der Waals surface area contributed by atoms with Crippen LogP contribution in [-0.2, 0) is 9.53 Å². The summed E-state index contributed by atoms with van der Waals surface area (Å²) in [5.74, 6) is -1.42. The number of aliphatic hydroxyl groups is 3. The van der Waals surface area contributed by atoms with Gasteiger partial charge in [-0.25, -0.2) is 0 Å². The zero-order valence-electron chi connectivity index (χ0n) is 13.7. The van der Waals surface area contributed by atoms with Crippen LogP contribution in [0.5, 0.6) is 0 Å². The van der Waals surface area contributed by atoms with Crippen molar-refractivity contribution >= 4 is 5.97 Å². The molecule has 0 radical (unpaired) electrons. The van der Waals surface area contributed by atoms with E-state index in [2.05, 4.69) is 0 Å². The van der Waals surface area contributed by atoms with Gasteiger partial charge >= 0.3 is 12.1 Å². The number of alkyl halides is 3. The minimum Gasteiger partial charge on any atom is -0.458 e. The largest absolute Gasteiger partial charge is 0.458 e. The molecular formula is C16H23F3O5. The van der Waals surface area contributed by atoms with E-state index in [9.17, 15) is 33.3 Å². The van der Waals surface area contributed by atoms with Crippen molar-refractivity contribution in [3.63, 3.8) is 0 Å². The molecule has 3 N–H and O–H groups in total. The summed E-state index contributed by atoms with van der Waals surface area (Å²) in [6.07, 6.45) is -5.34. The van der Waals surface area contributed by atoms with Gasteiger partial charge in [0.15, 0.2) is 5.41 Å². The Morgan fingerprint density at radius 2 is 1.33 bits per heavy atom. The lowest BCUT2D eigenvalue weighted by Gasteiger charge is -2.65. The molecule has 1 atom stereocenters. The lowest BCUT2D eigenvalue weighted by atomic mass is 9.48. The first-order valence-corrected chi connectivity index (χ1v) is 8.15. The van der Waals surface area contributed by atoms with Crippen LogP contribution in [0.1, 0.15) is 58.8 Å². The number of halogens is 3. The molecule has 4 aliphatic rings. The molecule has 0 amide bonds. The van der Waals surface area contributed by atoms with E-state index in [4.69, 9.17) is 4.74 Å². The van der Waals surface area contributed by atoms with Crippen molar-refractivity contribution in [2.75, 3.05) is 0 Å². The van der Waals surface area contributed by atoms with E-state index < -0.39 is 46.4 Å². The van der Waals surface area contributed by atoms with Crippen LogP contribution in [0.15, 0.2) is 0 Å². The molecule has 4 rings (SSSR count). The number of carbonyl (C=O) groups is 1. The predicted octanol–water partition coefficient (Wildman–Crippen LogP) is 1.82. The van der Waals surface area contributed by atoms with Crippen LogP contribution in [0, 0.1) is 5.41 Å². The van der Waals surface area contributed by atoms with Gasteiger partial charge in [0.05, 0.1) is 16.8 Å². The molecule has 0 heterocycles. The number of esters is 1. The predicted molar refractivity (Wildman–Crippen MR) is 75.8 cm³/mol. The number of carbonyl (C=O) groups excluding carboxylic acids is 1. The summed E-state index contributed by atoms with van der Waals surface area (Å²) >= 11 is 0. The minimum absolute atomic E-state index is 0.0337. The second-order valence-corrected chi connectivity index (χ2v) is 8.49. The average molecular weight is 352 g/mol. The highest BCUT2D eigenvalue weighted by molar-refractivity contribution is 5.78. The van der Waals surface area contributed by atoms with E-state index in [0.29, 0.717) is 0 Å². The number of rotatable bonds is 3. The molecule has 8 heteroatoms. The van der Waals surface area contributed by atoms with Gasteiger partial charge in [-0.15, -0.1) is 0 Å². The lowest BCUT2D eigenvalue weighted by Crippen LogP contribution is -2.73. The maximum atomic E-state index is 13.3. The molecule has 4 bridgehead atoms. The summed E-state index contributed by atoms with van der Waals surface area (Å²) in [5.41, 5.74) is -8.42. The molecule has 1 unspecified atom stereocenters. The van der Waals surface area contributed by atoms with Crippen molar-refractivity contribution in [2.24, 2.45) is 5.41 Å². The third kappa shape index (κ3) is 2.54. The fourth-order valence-corrected chi connectivity index (χ4v) is 5.26. The van der Waals surface area contributed by atoms with Crippen LogP contribution in [0.25, 0.3) is 0 Å². The Labute approximate surface area is 137 Å². The lowest BCUT2D eigenvalue weighted by molar-refractivity contribution is -0.307. The number of ether oxygens (including phenoxy) is 1. The van der Waals surface area contributed by atoms with Gasteiger partial charge in [0, 0.05) is 38.5 Å². The topological polar surface area (TPSA) is 87.0 Å². The summed E-state index contributed by atoms with van der Waals surface area (Å²) in [6, 6.07) is 0. The molecule has 0 spiro atoms. The van der Waals surface area contributed by atoms with Crippen LogP contribution in [0.4, 0.5) is 13.2 Å². The third-order valence-electron chi connectivity index (χ3n) is 6.02. The molecule has 0 aromatic heterocycles. The van der Waals surface area contributed by atoms with Crippen LogP contribution < -0.4 is 0 Å². The second kappa shape index (κ2) is 4.65. The average Bonchev–Trinajstić information content (AvgIpc) is 2.29. The molecule has 0 aromatic carbocycles. The molecule has 4 aliphatic carbocycles. The standard InChI is InChI=1S/C16H23F3O5/c1-3-11(2,16(17,18)19)10(20)24-15-7-12(21)4-13(22,8-15)6-14(23,5-12)9-15/h21-23H,3-9H2,1-2H3. The Hall–Kier alpha value is -0.860. The fraction of sp³-hybridized carbons (Fsp3) is 0.938. The van der Waals surface area contributed by atoms with Gasteiger partial charge in [-0.2, -0.15) is 13.2 Å². The van der Waals surface area contributed by atoms with Crippen molar-refractivity contribution in [2.45, 2.75) is 87.4 Å². The highest BCUT2D eigenvalue weighted by Gasteiger charge is 2.70.